The molecule has 0 saturated heterocycles. The van der Waals surface area contributed by atoms with Crippen LogP contribution in [0, 0.1) is 10.7 Å². The molecule has 0 rings (SSSR count). The van der Waals surface area contributed by atoms with Crippen molar-refractivity contribution in [3.8, 4) is 10.7 Å². The Morgan fingerprint density at radius 3 is 1.62 bits per heavy atom. The number of hydrogen-bond donors (Lipinski definition) is 0. The molecule has 0 spiro atoms. The van der Waals surface area contributed by atoms with Gasteiger partial charge in [0, 0.05) is 0 Å². The Hall–Kier alpha value is -0.677. The van der Waals surface area contributed by atoms with E-state index in [2.05, 4.69) is 30.4 Å². The first-order valence-corrected chi connectivity index (χ1v) is 10.0. The van der Waals surface area contributed by atoms with E-state index >= 15 is 0 Å². The summed E-state index contributed by atoms with van der Waals surface area (Å²) in [6.45, 7) is 13.3. The van der Waals surface area contributed by atoms with Gasteiger partial charge in [-0.2, -0.15) is 0 Å². The van der Waals surface area contributed by atoms with Gasteiger partial charge in [-0.25, -0.2) is 0 Å². The van der Waals surface area contributed by atoms with E-state index in [0.29, 0.717) is 0 Å². The molecule has 0 aliphatic heterocycles. The predicted molar refractivity (Wildman–Crippen MR) is 64.2 cm³/mol. The molecule has 0 aromatic heterocycles. The fraction of sp³-hybridized carbons (Fsp3) is 0.333. The summed E-state index contributed by atoms with van der Waals surface area (Å²) in [6.07, 6.45) is 5.99. The Morgan fingerprint density at radius 2 is 1.38 bits per heavy atom. The summed E-state index contributed by atoms with van der Waals surface area (Å²) in [4.78, 5) is 0. The van der Waals surface area contributed by atoms with Gasteiger partial charge in [0.15, 0.2) is 0 Å². The van der Waals surface area contributed by atoms with Gasteiger partial charge >= 0.3 is 84.6 Å². The van der Waals surface area contributed by atoms with Gasteiger partial charge in [0.1, 0.15) is 0 Å². The molecule has 0 fully saturated rings. The number of rotatable bonds is 6. The van der Waals surface area contributed by atoms with Crippen LogP contribution >= 0.6 is 0 Å². The molecule has 70 valence electrons. The van der Waals surface area contributed by atoms with Gasteiger partial charge in [0.05, 0.1) is 0 Å². The minimum absolute atomic E-state index is 1.08. The van der Waals surface area contributed by atoms with Crippen molar-refractivity contribution in [3.05, 3.63) is 38.0 Å². The standard InChI is InChI=1S/C12H18Ge/c1-5-9-13(10-6-2,11-7-3)12-8-4/h5-7H,1-3,9-11H2,4H3. The second kappa shape index (κ2) is 6.80. The predicted octanol–water partition coefficient (Wildman–Crippen LogP) is 3.56. The third-order valence-corrected chi connectivity index (χ3v) is 10.4. The molecule has 0 heterocycles. The summed E-state index contributed by atoms with van der Waals surface area (Å²) in [6, 6.07) is 0. The fourth-order valence-corrected chi connectivity index (χ4v) is 7.78. The monoisotopic (exact) mass is 236 g/mol. The average Bonchev–Trinajstić information content (AvgIpc) is 2.06. The van der Waals surface area contributed by atoms with E-state index in [-0.39, 0.29) is 0 Å². The summed E-state index contributed by atoms with van der Waals surface area (Å²) in [7, 11) is 0. The molecule has 0 aliphatic carbocycles. The first-order chi connectivity index (χ1) is 6.24. The van der Waals surface area contributed by atoms with Crippen molar-refractivity contribution in [1.29, 1.82) is 0 Å². The molecule has 0 bridgehead atoms. The van der Waals surface area contributed by atoms with Crippen molar-refractivity contribution in [2.75, 3.05) is 0 Å². The maximum atomic E-state index is 3.80. The van der Waals surface area contributed by atoms with Crippen LogP contribution in [0.2, 0.25) is 15.8 Å². The van der Waals surface area contributed by atoms with Gasteiger partial charge in [-0.05, 0) is 0 Å². The van der Waals surface area contributed by atoms with Crippen molar-refractivity contribution in [2.45, 2.75) is 22.7 Å². The van der Waals surface area contributed by atoms with Gasteiger partial charge in [-0.15, -0.1) is 0 Å². The van der Waals surface area contributed by atoms with E-state index in [1.165, 1.54) is 0 Å². The molecule has 0 saturated carbocycles. The summed E-state index contributed by atoms with van der Waals surface area (Å²) in [5.74, 6) is 3.05. The van der Waals surface area contributed by atoms with Crippen LogP contribution < -0.4 is 0 Å². The van der Waals surface area contributed by atoms with E-state index in [1.807, 2.05) is 25.2 Å². The molecule has 0 aromatic rings. The summed E-state index contributed by atoms with van der Waals surface area (Å²) < 4.78 is 3.42. The van der Waals surface area contributed by atoms with Crippen molar-refractivity contribution in [2.24, 2.45) is 0 Å². The topological polar surface area (TPSA) is 0 Å². The molecule has 13 heavy (non-hydrogen) atoms. The van der Waals surface area contributed by atoms with E-state index in [1.54, 1.807) is 0 Å². The molecule has 0 unspecified atom stereocenters. The van der Waals surface area contributed by atoms with Crippen LogP contribution in [-0.4, -0.2) is 13.3 Å². The van der Waals surface area contributed by atoms with Crippen LogP contribution in [0.3, 0.4) is 0 Å². The SMILES string of the molecule is C=C[CH2][Ge]([C]#CC)([CH2]C=C)[CH2]C=C. The first-order valence-electron chi connectivity index (χ1n) is 4.51. The van der Waals surface area contributed by atoms with Crippen molar-refractivity contribution < 1.29 is 0 Å². The van der Waals surface area contributed by atoms with Gasteiger partial charge in [-0.3, -0.25) is 0 Å². The van der Waals surface area contributed by atoms with Crippen molar-refractivity contribution >= 4 is 13.3 Å². The minimum atomic E-state index is -2.03. The Labute approximate surface area is 84.8 Å². The molecule has 1 heteroatoms. The van der Waals surface area contributed by atoms with Crippen LogP contribution in [0.5, 0.6) is 0 Å². The summed E-state index contributed by atoms with van der Waals surface area (Å²) >= 11 is -2.03. The van der Waals surface area contributed by atoms with Gasteiger partial charge in [-0.1, -0.05) is 0 Å². The van der Waals surface area contributed by atoms with Crippen LogP contribution in [-0.2, 0) is 0 Å². The fourth-order valence-electron chi connectivity index (χ4n) is 1.50. The van der Waals surface area contributed by atoms with E-state index in [9.17, 15) is 0 Å². The molecule has 0 radical (unpaired) electrons. The summed E-state index contributed by atoms with van der Waals surface area (Å²) in [5.41, 5.74) is 0. The zero-order valence-corrected chi connectivity index (χ0v) is 10.6. The van der Waals surface area contributed by atoms with Crippen molar-refractivity contribution in [3.63, 3.8) is 0 Å². The van der Waals surface area contributed by atoms with Gasteiger partial charge < -0.3 is 0 Å². The van der Waals surface area contributed by atoms with Crippen LogP contribution in [0.1, 0.15) is 6.92 Å². The number of hydrogen-bond acceptors (Lipinski definition) is 0. The van der Waals surface area contributed by atoms with Gasteiger partial charge in [0.2, 0.25) is 0 Å². The van der Waals surface area contributed by atoms with Crippen LogP contribution in [0.4, 0.5) is 0 Å². The second-order valence-corrected chi connectivity index (χ2v) is 11.6. The third-order valence-electron chi connectivity index (χ3n) is 2.00. The Kier molecular flexibility index (Phi) is 6.44. The molecule has 0 N–H and O–H groups in total. The zero-order chi connectivity index (χ0) is 10.2. The Balaban J connectivity index is 4.72. The number of allylic oxidation sites excluding steroid dienone is 3. The van der Waals surface area contributed by atoms with E-state index < -0.39 is 13.3 Å². The van der Waals surface area contributed by atoms with Crippen molar-refractivity contribution in [1.82, 2.24) is 0 Å². The maximum absolute atomic E-state index is 3.80. The molecular weight excluding hydrogens is 217 g/mol. The Bertz CT molecular complexity index is 213. The van der Waals surface area contributed by atoms with E-state index in [4.69, 9.17) is 0 Å². The average molecular weight is 235 g/mol. The third kappa shape index (κ3) is 4.19. The van der Waals surface area contributed by atoms with Gasteiger partial charge in [0.25, 0.3) is 0 Å². The molecular formula is C12H18Ge. The van der Waals surface area contributed by atoms with Crippen LogP contribution in [0.25, 0.3) is 0 Å². The van der Waals surface area contributed by atoms with Crippen LogP contribution in [0.15, 0.2) is 38.0 Å². The Morgan fingerprint density at radius 1 is 1.00 bits per heavy atom. The normalized spacial score (nSPS) is 9.62. The summed E-state index contributed by atoms with van der Waals surface area (Å²) in [5, 5.41) is 3.25. The molecule has 0 aliphatic rings. The molecule has 0 atom stereocenters. The quantitative estimate of drug-likeness (QED) is 0.375. The van der Waals surface area contributed by atoms with E-state index in [0.717, 1.165) is 15.8 Å². The first kappa shape index (κ1) is 12.3. The molecule has 0 amide bonds. The zero-order valence-electron chi connectivity index (χ0n) is 8.47. The second-order valence-electron chi connectivity index (χ2n) is 3.13. The molecule has 0 nitrogen and oxygen atoms in total. The molecule has 0 aromatic carbocycles.